The average molecular weight is 263 g/mol. The van der Waals surface area contributed by atoms with Crippen molar-refractivity contribution < 1.29 is 4.79 Å². The molecule has 2 rings (SSSR count). The fraction of sp³-hybridized carbons (Fsp3) is 0.615. The fourth-order valence-corrected chi connectivity index (χ4v) is 2.22. The molecule has 1 amide bonds. The molecule has 1 saturated heterocycles. The number of nitrogens with zero attached hydrogens (tertiary/aromatic N) is 3. The predicted molar refractivity (Wildman–Crippen MR) is 74.7 cm³/mol. The zero-order chi connectivity index (χ0) is 13.7. The number of carbonyl (C=O) groups excluding carboxylic acids is 1. The Morgan fingerprint density at radius 2 is 2.16 bits per heavy atom. The number of nitrogens with one attached hydrogen (secondary N) is 1. The molecule has 1 aliphatic heterocycles. The average Bonchev–Trinajstić information content (AvgIpc) is 2.43. The van der Waals surface area contributed by atoms with Gasteiger partial charge >= 0.3 is 0 Å². The minimum Gasteiger partial charge on any atom is -0.369 e. The van der Waals surface area contributed by atoms with Gasteiger partial charge in [0.25, 0.3) is 0 Å². The molecule has 0 unspecified atom stereocenters. The lowest BCUT2D eigenvalue weighted by molar-refractivity contribution is -0.131. The topological polar surface area (TPSA) is 84.1 Å². The Balaban J connectivity index is 1.79. The summed E-state index contributed by atoms with van der Waals surface area (Å²) in [5.74, 6) is 1.17. The second-order valence-electron chi connectivity index (χ2n) is 4.88. The summed E-state index contributed by atoms with van der Waals surface area (Å²) in [4.78, 5) is 21.9. The van der Waals surface area contributed by atoms with Crippen LogP contribution in [0.4, 0.5) is 11.8 Å². The number of hydrogen-bond acceptors (Lipinski definition) is 5. The van der Waals surface area contributed by atoms with Crippen LogP contribution in [0, 0.1) is 6.92 Å². The minimum absolute atomic E-state index is 0.215. The summed E-state index contributed by atoms with van der Waals surface area (Å²) in [6, 6.07) is 0. The van der Waals surface area contributed by atoms with Crippen LogP contribution in [0.5, 0.6) is 0 Å². The highest BCUT2D eigenvalue weighted by Crippen LogP contribution is 2.12. The van der Waals surface area contributed by atoms with Gasteiger partial charge in [0.1, 0.15) is 5.82 Å². The first-order valence-corrected chi connectivity index (χ1v) is 6.77. The fourth-order valence-electron chi connectivity index (χ4n) is 2.22. The van der Waals surface area contributed by atoms with E-state index in [-0.39, 0.29) is 11.9 Å². The van der Waals surface area contributed by atoms with Crippen molar-refractivity contribution in [2.45, 2.75) is 32.6 Å². The molecular formula is C13H21N5O. The number of piperidine rings is 1. The summed E-state index contributed by atoms with van der Waals surface area (Å²) in [6.07, 6.45) is 5.66. The molecular weight excluding hydrogens is 242 g/mol. The first-order valence-electron chi connectivity index (χ1n) is 6.77. The zero-order valence-corrected chi connectivity index (χ0v) is 11.4. The quantitative estimate of drug-likeness (QED) is 0.852. The number of anilines is 2. The molecule has 1 aromatic heterocycles. The van der Waals surface area contributed by atoms with Gasteiger partial charge in [-0.3, -0.25) is 4.79 Å². The van der Waals surface area contributed by atoms with Crippen LogP contribution in [0.25, 0.3) is 0 Å². The minimum atomic E-state index is 0.215. The first kappa shape index (κ1) is 13.6. The molecule has 2 heterocycles. The number of nitrogen functional groups attached to an aromatic ring is 1. The molecule has 0 aliphatic carbocycles. The third-order valence-corrected chi connectivity index (χ3v) is 3.33. The summed E-state index contributed by atoms with van der Waals surface area (Å²) >= 11 is 0. The summed E-state index contributed by atoms with van der Waals surface area (Å²) in [7, 11) is 0. The Morgan fingerprint density at radius 3 is 2.89 bits per heavy atom. The van der Waals surface area contributed by atoms with E-state index in [0.29, 0.717) is 18.8 Å². The van der Waals surface area contributed by atoms with E-state index in [2.05, 4.69) is 15.3 Å². The number of aryl methyl sites for hydroxylation is 1. The molecule has 1 aliphatic rings. The Labute approximate surface area is 113 Å². The van der Waals surface area contributed by atoms with Crippen molar-refractivity contribution >= 4 is 17.7 Å². The van der Waals surface area contributed by atoms with Crippen LogP contribution in [-0.4, -0.2) is 40.4 Å². The highest BCUT2D eigenvalue weighted by atomic mass is 16.2. The van der Waals surface area contributed by atoms with Gasteiger partial charge < -0.3 is 16.0 Å². The molecule has 1 aromatic rings. The largest absolute Gasteiger partial charge is 0.369 e. The van der Waals surface area contributed by atoms with Crippen LogP contribution in [0.1, 0.15) is 31.2 Å². The number of rotatable bonds is 4. The normalized spacial score (nSPS) is 15.3. The summed E-state index contributed by atoms with van der Waals surface area (Å²) in [6.45, 7) is 4.29. The molecule has 0 atom stereocenters. The van der Waals surface area contributed by atoms with E-state index in [1.807, 2.05) is 11.8 Å². The highest BCUT2D eigenvalue weighted by molar-refractivity contribution is 5.76. The van der Waals surface area contributed by atoms with Crippen LogP contribution in [-0.2, 0) is 4.79 Å². The number of likely N-dealkylation sites (tertiary alicyclic amines) is 1. The number of carbonyl (C=O) groups is 1. The van der Waals surface area contributed by atoms with Crippen LogP contribution in [0.3, 0.4) is 0 Å². The molecule has 0 spiro atoms. The summed E-state index contributed by atoms with van der Waals surface area (Å²) in [5, 5.41) is 3.15. The van der Waals surface area contributed by atoms with Crippen LogP contribution >= 0.6 is 0 Å². The van der Waals surface area contributed by atoms with Gasteiger partial charge in [0, 0.05) is 37.8 Å². The summed E-state index contributed by atoms with van der Waals surface area (Å²) in [5.41, 5.74) is 6.47. The lowest BCUT2D eigenvalue weighted by Crippen LogP contribution is -2.36. The van der Waals surface area contributed by atoms with Gasteiger partial charge in [-0.25, -0.2) is 4.98 Å². The molecule has 6 nitrogen and oxygen atoms in total. The molecule has 3 N–H and O–H groups in total. The molecule has 0 radical (unpaired) electrons. The van der Waals surface area contributed by atoms with Gasteiger partial charge in [-0.1, -0.05) is 0 Å². The highest BCUT2D eigenvalue weighted by Gasteiger charge is 2.15. The van der Waals surface area contributed by atoms with Crippen molar-refractivity contribution in [1.29, 1.82) is 0 Å². The van der Waals surface area contributed by atoms with Crippen molar-refractivity contribution in [3.8, 4) is 0 Å². The van der Waals surface area contributed by atoms with Crippen molar-refractivity contribution in [2.24, 2.45) is 0 Å². The van der Waals surface area contributed by atoms with Gasteiger partial charge in [0.15, 0.2) is 0 Å². The molecule has 19 heavy (non-hydrogen) atoms. The standard InChI is InChI=1S/C13H21N5O/c1-10-9-16-13(14)17-12(10)15-6-5-11(19)18-7-3-2-4-8-18/h9H,2-8H2,1H3,(H3,14,15,16,17). The molecule has 1 fully saturated rings. The Bertz CT molecular complexity index is 443. The van der Waals surface area contributed by atoms with Gasteiger partial charge in [-0.2, -0.15) is 4.98 Å². The van der Waals surface area contributed by atoms with E-state index in [4.69, 9.17) is 5.73 Å². The Kier molecular flexibility index (Phi) is 4.54. The lowest BCUT2D eigenvalue weighted by Gasteiger charge is -2.26. The maximum Gasteiger partial charge on any atom is 0.224 e. The van der Waals surface area contributed by atoms with E-state index < -0.39 is 0 Å². The SMILES string of the molecule is Cc1cnc(N)nc1NCCC(=O)N1CCCCC1. The van der Waals surface area contributed by atoms with E-state index in [0.717, 1.165) is 31.5 Å². The summed E-state index contributed by atoms with van der Waals surface area (Å²) < 4.78 is 0. The zero-order valence-electron chi connectivity index (χ0n) is 11.4. The van der Waals surface area contributed by atoms with Gasteiger partial charge in [0.05, 0.1) is 0 Å². The number of nitrogens with two attached hydrogens (primary N) is 1. The van der Waals surface area contributed by atoms with Crippen LogP contribution < -0.4 is 11.1 Å². The Hall–Kier alpha value is -1.85. The van der Waals surface area contributed by atoms with Crippen molar-refractivity contribution in [1.82, 2.24) is 14.9 Å². The first-order chi connectivity index (χ1) is 9.16. The van der Waals surface area contributed by atoms with Crippen LogP contribution in [0.15, 0.2) is 6.20 Å². The second kappa shape index (κ2) is 6.36. The second-order valence-corrected chi connectivity index (χ2v) is 4.88. The number of aromatic nitrogens is 2. The smallest absolute Gasteiger partial charge is 0.224 e. The van der Waals surface area contributed by atoms with Crippen molar-refractivity contribution in [2.75, 3.05) is 30.7 Å². The molecule has 6 heteroatoms. The van der Waals surface area contributed by atoms with E-state index >= 15 is 0 Å². The maximum atomic E-state index is 12.0. The molecule has 0 bridgehead atoms. The third-order valence-electron chi connectivity index (χ3n) is 3.33. The van der Waals surface area contributed by atoms with E-state index in [1.54, 1.807) is 6.20 Å². The van der Waals surface area contributed by atoms with Gasteiger partial charge in [-0.15, -0.1) is 0 Å². The van der Waals surface area contributed by atoms with Crippen LogP contribution in [0.2, 0.25) is 0 Å². The Morgan fingerprint density at radius 1 is 1.42 bits per heavy atom. The van der Waals surface area contributed by atoms with E-state index in [9.17, 15) is 4.79 Å². The van der Waals surface area contributed by atoms with Crippen molar-refractivity contribution in [3.05, 3.63) is 11.8 Å². The third kappa shape index (κ3) is 3.81. The van der Waals surface area contributed by atoms with E-state index in [1.165, 1.54) is 6.42 Å². The van der Waals surface area contributed by atoms with Gasteiger partial charge in [0.2, 0.25) is 11.9 Å². The van der Waals surface area contributed by atoms with Gasteiger partial charge in [-0.05, 0) is 26.2 Å². The molecule has 104 valence electrons. The molecule has 0 aromatic carbocycles. The maximum absolute atomic E-state index is 12.0. The number of amides is 1. The van der Waals surface area contributed by atoms with Crippen molar-refractivity contribution in [3.63, 3.8) is 0 Å². The monoisotopic (exact) mass is 263 g/mol. The lowest BCUT2D eigenvalue weighted by atomic mass is 10.1. The predicted octanol–water partition coefficient (Wildman–Crippen LogP) is 1.18. The molecule has 0 saturated carbocycles. The number of hydrogen-bond donors (Lipinski definition) is 2.